The quantitative estimate of drug-likeness (QED) is 0.628. The molecule has 0 atom stereocenters. The smallest absolute Gasteiger partial charge is 0.306 e. The fourth-order valence-electron chi connectivity index (χ4n) is 2.99. The van der Waals surface area contributed by atoms with Gasteiger partial charge in [0.15, 0.2) is 5.13 Å². The molecule has 0 spiro atoms. The molecule has 0 saturated carbocycles. The maximum Gasteiger partial charge on any atom is 0.306 e. The fraction of sp³-hybridized carbons (Fsp3) is 0.300. The first-order valence-corrected chi connectivity index (χ1v) is 9.43. The molecule has 0 aliphatic carbocycles. The van der Waals surface area contributed by atoms with Crippen molar-refractivity contribution in [1.82, 2.24) is 4.98 Å². The highest BCUT2D eigenvalue weighted by Crippen LogP contribution is 2.31. The van der Waals surface area contributed by atoms with Crippen molar-refractivity contribution < 1.29 is 9.53 Å². The van der Waals surface area contributed by atoms with Gasteiger partial charge in [-0.25, -0.2) is 4.98 Å². The molecule has 3 aromatic rings. The number of anilines is 1. The van der Waals surface area contributed by atoms with Crippen molar-refractivity contribution in [1.29, 1.82) is 0 Å². The first-order valence-electron chi connectivity index (χ1n) is 8.62. The maximum atomic E-state index is 12.0. The second-order valence-electron chi connectivity index (χ2n) is 6.32. The van der Waals surface area contributed by atoms with Crippen LogP contribution in [0.5, 0.6) is 0 Å². The molecule has 0 bridgehead atoms. The number of thiazole rings is 1. The van der Waals surface area contributed by atoms with Crippen LogP contribution in [0.1, 0.15) is 18.4 Å². The number of rotatable bonds is 6. The van der Waals surface area contributed by atoms with Crippen molar-refractivity contribution >= 4 is 32.7 Å². The van der Waals surface area contributed by atoms with E-state index in [1.54, 1.807) is 11.3 Å². The summed E-state index contributed by atoms with van der Waals surface area (Å²) in [5, 5.41) is 1.01. The van der Waals surface area contributed by atoms with E-state index in [1.807, 2.05) is 36.4 Å². The van der Waals surface area contributed by atoms with E-state index < -0.39 is 0 Å². The predicted molar refractivity (Wildman–Crippen MR) is 101 cm³/mol. The summed E-state index contributed by atoms with van der Waals surface area (Å²) in [6, 6.07) is 18.4. The van der Waals surface area contributed by atoms with Gasteiger partial charge < -0.3 is 9.64 Å². The average Bonchev–Trinajstić information content (AvgIpc) is 3.02. The molecule has 0 unspecified atom stereocenters. The molecule has 1 aromatic heterocycles. The lowest BCUT2D eigenvalue weighted by molar-refractivity contribution is -0.150. The van der Waals surface area contributed by atoms with E-state index in [2.05, 4.69) is 28.1 Å². The van der Waals surface area contributed by atoms with Gasteiger partial charge in [0, 0.05) is 6.42 Å². The predicted octanol–water partition coefficient (Wildman–Crippen LogP) is 4.05. The number of aromatic nitrogens is 1. The third kappa shape index (κ3) is 3.82. The van der Waals surface area contributed by atoms with E-state index in [-0.39, 0.29) is 12.1 Å². The monoisotopic (exact) mass is 352 g/mol. The molecule has 2 heterocycles. The van der Waals surface area contributed by atoms with Crippen molar-refractivity contribution in [3.8, 4) is 0 Å². The van der Waals surface area contributed by atoms with Gasteiger partial charge in [0.2, 0.25) is 0 Å². The highest BCUT2D eigenvalue weighted by Gasteiger charge is 2.31. The minimum absolute atomic E-state index is 0.00348. The Labute approximate surface area is 151 Å². The second kappa shape index (κ2) is 7.23. The minimum atomic E-state index is -0.0927. The molecule has 1 aliphatic heterocycles. The second-order valence-corrected chi connectivity index (χ2v) is 7.33. The molecule has 128 valence electrons. The zero-order chi connectivity index (χ0) is 17.1. The van der Waals surface area contributed by atoms with Crippen LogP contribution in [0.25, 0.3) is 10.2 Å². The van der Waals surface area contributed by atoms with Crippen molar-refractivity contribution in [2.24, 2.45) is 0 Å². The fourth-order valence-corrected chi connectivity index (χ4v) is 3.97. The molecule has 2 aromatic carbocycles. The molecule has 0 N–H and O–H groups in total. The average molecular weight is 352 g/mol. The number of carbonyl (C=O) groups excluding carboxylic acids is 1. The first kappa shape index (κ1) is 16.1. The van der Waals surface area contributed by atoms with E-state index >= 15 is 0 Å². The van der Waals surface area contributed by atoms with Crippen LogP contribution in [-0.4, -0.2) is 30.1 Å². The molecule has 1 saturated heterocycles. The van der Waals surface area contributed by atoms with Gasteiger partial charge in [0.25, 0.3) is 0 Å². The third-order valence-corrected chi connectivity index (χ3v) is 5.49. The van der Waals surface area contributed by atoms with E-state index in [4.69, 9.17) is 4.74 Å². The standard InChI is InChI=1S/C20H20N2O2S/c23-19(12-6-9-15-7-2-1-3-8-15)24-16-13-22(14-16)20-21-17-10-4-5-11-18(17)25-20/h1-5,7-8,10-11,16H,6,9,12-14H2. The van der Waals surface area contributed by atoms with Crippen molar-refractivity contribution in [2.75, 3.05) is 18.0 Å². The van der Waals surface area contributed by atoms with Crippen molar-refractivity contribution in [2.45, 2.75) is 25.4 Å². The summed E-state index contributed by atoms with van der Waals surface area (Å²) in [7, 11) is 0. The van der Waals surface area contributed by atoms with E-state index in [0.717, 1.165) is 36.6 Å². The molecular weight excluding hydrogens is 332 g/mol. The Balaban J connectivity index is 1.21. The number of carbonyl (C=O) groups is 1. The maximum absolute atomic E-state index is 12.0. The molecule has 1 aliphatic rings. The van der Waals surface area contributed by atoms with Gasteiger partial charge in [-0.3, -0.25) is 4.79 Å². The Kier molecular flexibility index (Phi) is 4.65. The summed E-state index contributed by atoms with van der Waals surface area (Å²) in [5.41, 5.74) is 2.30. The number of fused-ring (bicyclic) bond motifs is 1. The Bertz CT molecular complexity index is 823. The largest absolute Gasteiger partial charge is 0.459 e. The van der Waals surface area contributed by atoms with Crippen LogP contribution in [0.2, 0.25) is 0 Å². The Morgan fingerprint density at radius 1 is 1.12 bits per heavy atom. The highest BCUT2D eigenvalue weighted by atomic mass is 32.1. The van der Waals surface area contributed by atoms with Gasteiger partial charge in [-0.1, -0.05) is 53.8 Å². The summed E-state index contributed by atoms with van der Waals surface area (Å²) in [6.45, 7) is 1.48. The topological polar surface area (TPSA) is 42.4 Å². The summed E-state index contributed by atoms with van der Waals surface area (Å²) < 4.78 is 6.74. The van der Waals surface area contributed by atoms with Gasteiger partial charge in [0.05, 0.1) is 23.3 Å². The van der Waals surface area contributed by atoms with Gasteiger partial charge in [0.1, 0.15) is 6.10 Å². The molecule has 0 amide bonds. The number of ether oxygens (including phenoxy) is 1. The SMILES string of the molecule is O=C(CCCc1ccccc1)OC1CN(c2nc3ccccc3s2)C1. The van der Waals surface area contributed by atoms with Crippen molar-refractivity contribution in [3.05, 3.63) is 60.2 Å². The molecule has 25 heavy (non-hydrogen) atoms. The number of para-hydroxylation sites is 1. The number of aryl methyl sites for hydroxylation is 1. The van der Waals surface area contributed by atoms with Crippen LogP contribution >= 0.6 is 11.3 Å². The Morgan fingerprint density at radius 2 is 1.88 bits per heavy atom. The van der Waals surface area contributed by atoms with Crippen LogP contribution in [0.4, 0.5) is 5.13 Å². The van der Waals surface area contributed by atoms with Crippen molar-refractivity contribution in [3.63, 3.8) is 0 Å². The van der Waals surface area contributed by atoms with E-state index in [1.165, 1.54) is 10.3 Å². The summed E-state index contributed by atoms with van der Waals surface area (Å²) in [4.78, 5) is 18.8. The minimum Gasteiger partial charge on any atom is -0.459 e. The van der Waals surface area contributed by atoms with E-state index in [9.17, 15) is 4.79 Å². The molecule has 5 heteroatoms. The molecule has 1 fully saturated rings. The summed E-state index contributed by atoms with van der Waals surface area (Å²) >= 11 is 1.69. The van der Waals surface area contributed by atoms with Crippen LogP contribution in [0.3, 0.4) is 0 Å². The van der Waals surface area contributed by atoms with Crippen LogP contribution < -0.4 is 4.90 Å². The summed E-state index contributed by atoms with van der Waals surface area (Å²) in [6.07, 6.45) is 2.22. The van der Waals surface area contributed by atoms with Gasteiger partial charge in [-0.05, 0) is 30.5 Å². The van der Waals surface area contributed by atoms with Gasteiger partial charge in [-0.15, -0.1) is 0 Å². The van der Waals surface area contributed by atoms with Crippen LogP contribution in [0.15, 0.2) is 54.6 Å². The number of esters is 1. The summed E-state index contributed by atoms with van der Waals surface area (Å²) in [5.74, 6) is -0.0927. The Morgan fingerprint density at radius 3 is 2.68 bits per heavy atom. The Hall–Kier alpha value is -2.40. The van der Waals surface area contributed by atoms with Crippen LogP contribution in [-0.2, 0) is 16.0 Å². The normalized spacial score (nSPS) is 14.5. The lowest BCUT2D eigenvalue weighted by atomic mass is 10.1. The number of hydrogen-bond donors (Lipinski definition) is 0. The van der Waals surface area contributed by atoms with Gasteiger partial charge >= 0.3 is 5.97 Å². The molecule has 0 radical (unpaired) electrons. The molecular formula is C20H20N2O2S. The zero-order valence-corrected chi connectivity index (χ0v) is 14.7. The van der Waals surface area contributed by atoms with Gasteiger partial charge in [-0.2, -0.15) is 0 Å². The lowest BCUT2D eigenvalue weighted by Gasteiger charge is -2.38. The third-order valence-electron chi connectivity index (χ3n) is 4.39. The zero-order valence-electron chi connectivity index (χ0n) is 13.9. The number of hydrogen-bond acceptors (Lipinski definition) is 5. The number of nitrogens with zero attached hydrogens (tertiary/aromatic N) is 2. The van der Waals surface area contributed by atoms with Crippen LogP contribution in [0, 0.1) is 0 Å². The molecule has 4 rings (SSSR count). The number of benzene rings is 2. The lowest BCUT2D eigenvalue weighted by Crippen LogP contribution is -2.53. The van der Waals surface area contributed by atoms with E-state index in [0.29, 0.717) is 6.42 Å². The molecule has 4 nitrogen and oxygen atoms in total. The first-order chi connectivity index (χ1) is 12.3. The highest BCUT2D eigenvalue weighted by molar-refractivity contribution is 7.22.